The van der Waals surface area contributed by atoms with Crippen LogP contribution in [0.2, 0.25) is 0 Å². The van der Waals surface area contributed by atoms with E-state index in [0.717, 1.165) is 32.6 Å². The van der Waals surface area contributed by atoms with E-state index in [-0.39, 0.29) is 12.4 Å². The van der Waals surface area contributed by atoms with Crippen molar-refractivity contribution < 1.29 is 0 Å². The predicted molar refractivity (Wildman–Crippen MR) is 89.4 cm³/mol. The summed E-state index contributed by atoms with van der Waals surface area (Å²) in [5, 5.41) is 9.48. The topological polar surface area (TPSA) is 72.9 Å². The Bertz CT molecular complexity index is 639. The summed E-state index contributed by atoms with van der Waals surface area (Å²) in [7, 11) is 0. The fraction of sp³-hybridized carbons (Fsp3) is 0.643. The van der Waals surface area contributed by atoms with Crippen molar-refractivity contribution >= 4 is 28.9 Å². The number of aromatic nitrogens is 4. The second kappa shape index (κ2) is 6.52. The van der Waals surface area contributed by atoms with E-state index < -0.39 is 0 Å². The van der Waals surface area contributed by atoms with Gasteiger partial charge in [-0.15, -0.1) is 33.9 Å². The average Bonchev–Trinajstić information content (AvgIpc) is 3.16. The SMILES string of the molecule is Cl.Nc1ncc(CN2CCCC(c3nnc4n3CCC4)C2)s1. The van der Waals surface area contributed by atoms with E-state index in [1.807, 2.05) is 6.20 Å². The van der Waals surface area contributed by atoms with E-state index in [2.05, 4.69) is 24.6 Å². The molecule has 0 radical (unpaired) electrons. The van der Waals surface area contributed by atoms with Gasteiger partial charge in [-0.05, 0) is 25.8 Å². The Morgan fingerprint density at radius 3 is 3.00 bits per heavy atom. The number of nitrogens with two attached hydrogens (primary N) is 1. The first kappa shape index (κ1) is 15.7. The Labute approximate surface area is 140 Å². The van der Waals surface area contributed by atoms with Crippen LogP contribution >= 0.6 is 23.7 Å². The summed E-state index contributed by atoms with van der Waals surface area (Å²) < 4.78 is 2.35. The van der Waals surface area contributed by atoms with Gasteiger partial charge in [0.15, 0.2) is 5.13 Å². The third-order valence-electron chi connectivity index (χ3n) is 4.46. The first-order chi connectivity index (χ1) is 10.3. The minimum Gasteiger partial charge on any atom is -0.375 e. The highest BCUT2D eigenvalue weighted by atomic mass is 35.5. The molecule has 0 saturated carbocycles. The molecule has 1 fully saturated rings. The summed E-state index contributed by atoms with van der Waals surface area (Å²) in [6, 6.07) is 0. The van der Waals surface area contributed by atoms with Crippen LogP contribution < -0.4 is 5.73 Å². The predicted octanol–water partition coefficient (Wildman–Crippen LogP) is 2.06. The van der Waals surface area contributed by atoms with Crippen molar-refractivity contribution in [2.75, 3.05) is 18.8 Å². The van der Waals surface area contributed by atoms with Crippen molar-refractivity contribution in [2.45, 2.75) is 44.7 Å². The second-order valence-electron chi connectivity index (χ2n) is 5.97. The lowest BCUT2D eigenvalue weighted by atomic mass is 9.97. The first-order valence-corrected chi connectivity index (χ1v) is 8.46. The largest absolute Gasteiger partial charge is 0.375 e. The highest BCUT2D eigenvalue weighted by Crippen LogP contribution is 2.29. The number of thiazole rings is 1. The zero-order chi connectivity index (χ0) is 14.2. The molecule has 4 rings (SSSR count). The van der Waals surface area contributed by atoms with Gasteiger partial charge in [-0.1, -0.05) is 0 Å². The Morgan fingerprint density at radius 1 is 1.27 bits per heavy atom. The van der Waals surface area contributed by atoms with E-state index in [1.165, 1.54) is 35.8 Å². The van der Waals surface area contributed by atoms with E-state index in [4.69, 9.17) is 5.73 Å². The van der Waals surface area contributed by atoms with Gasteiger partial charge >= 0.3 is 0 Å². The summed E-state index contributed by atoms with van der Waals surface area (Å²) >= 11 is 1.59. The molecule has 1 saturated heterocycles. The molecule has 2 aliphatic heterocycles. The fourth-order valence-corrected chi connectivity index (χ4v) is 4.23. The Hall–Kier alpha value is -1.18. The molecule has 2 aromatic heterocycles. The van der Waals surface area contributed by atoms with Crippen LogP contribution in [0.5, 0.6) is 0 Å². The molecular weight excluding hydrogens is 320 g/mol. The molecule has 2 aliphatic rings. The number of likely N-dealkylation sites (tertiary alicyclic amines) is 1. The van der Waals surface area contributed by atoms with Crippen LogP contribution in [0.1, 0.15) is 41.7 Å². The van der Waals surface area contributed by atoms with Crippen molar-refractivity contribution in [1.82, 2.24) is 24.6 Å². The third kappa shape index (κ3) is 2.98. The zero-order valence-corrected chi connectivity index (χ0v) is 14.1. The number of piperidine rings is 1. The zero-order valence-electron chi connectivity index (χ0n) is 12.4. The van der Waals surface area contributed by atoms with Crippen LogP contribution in [-0.4, -0.2) is 37.7 Å². The number of anilines is 1. The minimum atomic E-state index is 0. The van der Waals surface area contributed by atoms with Crippen LogP contribution in [0.4, 0.5) is 5.13 Å². The minimum absolute atomic E-state index is 0. The van der Waals surface area contributed by atoms with E-state index >= 15 is 0 Å². The number of hydrogen-bond acceptors (Lipinski definition) is 6. The standard InChI is InChI=1S/C14H20N6S.ClH/c15-14-16-7-11(21-14)9-19-5-1-3-10(8-19)13-18-17-12-4-2-6-20(12)13;/h7,10H,1-6,8-9H2,(H2,15,16);1H. The molecule has 6 nitrogen and oxygen atoms in total. The van der Waals surface area contributed by atoms with Gasteiger partial charge in [0.05, 0.1) is 0 Å². The monoisotopic (exact) mass is 340 g/mol. The van der Waals surface area contributed by atoms with Crippen molar-refractivity contribution in [3.05, 3.63) is 22.7 Å². The summed E-state index contributed by atoms with van der Waals surface area (Å²) in [6.07, 6.45) is 6.65. The molecule has 0 aliphatic carbocycles. The van der Waals surface area contributed by atoms with Gasteiger partial charge in [-0.3, -0.25) is 4.90 Å². The Balaban J connectivity index is 0.00000144. The molecule has 1 atom stereocenters. The summed E-state index contributed by atoms with van der Waals surface area (Å²) in [5.41, 5.74) is 5.72. The molecular formula is C14H21ClN6S. The van der Waals surface area contributed by atoms with Gasteiger partial charge in [0.2, 0.25) is 0 Å². The first-order valence-electron chi connectivity index (χ1n) is 7.64. The van der Waals surface area contributed by atoms with Gasteiger partial charge in [-0.2, -0.15) is 0 Å². The highest BCUT2D eigenvalue weighted by Gasteiger charge is 2.28. The average molecular weight is 341 g/mol. The maximum absolute atomic E-state index is 5.72. The van der Waals surface area contributed by atoms with Crippen LogP contribution in [-0.2, 0) is 19.5 Å². The smallest absolute Gasteiger partial charge is 0.180 e. The fourth-order valence-electron chi connectivity index (χ4n) is 3.50. The molecule has 4 heterocycles. The molecule has 0 aromatic carbocycles. The Morgan fingerprint density at radius 2 is 2.18 bits per heavy atom. The second-order valence-corrected chi connectivity index (χ2v) is 7.12. The normalized spacial score (nSPS) is 21.5. The molecule has 0 amide bonds. The maximum atomic E-state index is 5.72. The van der Waals surface area contributed by atoms with Gasteiger partial charge in [-0.25, -0.2) is 4.98 Å². The van der Waals surface area contributed by atoms with Crippen molar-refractivity contribution in [2.24, 2.45) is 0 Å². The van der Waals surface area contributed by atoms with Gasteiger partial charge < -0.3 is 10.3 Å². The summed E-state index contributed by atoms with van der Waals surface area (Å²) in [4.78, 5) is 7.89. The molecule has 0 spiro atoms. The van der Waals surface area contributed by atoms with Crippen LogP contribution in [0.25, 0.3) is 0 Å². The van der Waals surface area contributed by atoms with Crippen molar-refractivity contribution in [3.63, 3.8) is 0 Å². The molecule has 1 unspecified atom stereocenters. The lowest BCUT2D eigenvalue weighted by molar-refractivity contribution is 0.196. The Kier molecular flexibility index (Phi) is 4.65. The lowest BCUT2D eigenvalue weighted by Gasteiger charge is -2.31. The van der Waals surface area contributed by atoms with E-state index in [1.54, 1.807) is 11.3 Å². The lowest BCUT2D eigenvalue weighted by Crippen LogP contribution is -2.34. The highest BCUT2D eigenvalue weighted by molar-refractivity contribution is 7.15. The molecule has 2 aromatic rings. The van der Waals surface area contributed by atoms with Crippen LogP contribution in [0.3, 0.4) is 0 Å². The number of nitrogen functional groups attached to an aromatic ring is 1. The van der Waals surface area contributed by atoms with Crippen molar-refractivity contribution in [1.29, 1.82) is 0 Å². The number of nitrogens with zero attached hydrogens (tertiary/aromatic N) is 5. The number of halogens is 1. The van der Waals surface area contributed by atoms with Crippen molar-refractivity contribution in [3.8, 4) is 0 Å². The number of rotatable bonds is 3. The number of fused-ring (bicyclic) bond motifs is 1. The third-order valence-corrected chi connectivity index (χ3v) is 5.27. The van der Waals surface area contributed by atoms with E-state index in [9.17, 15) is 0 Å². The van der Waals surface area contributed by atoms with E-state index in [0.29, 0.717) is 11.0 Å². The number of aryl methyl sites for hydroxylation is 1. The molecule has 120 valence electrons. The van der Waals surface area contributed by atoms with Gasteiger partial charge in [0.25, 0.3) is 0 Å². The molecule has 22 heavy (non-hydrogen) atoms. The van der Waals surface area contributed by atoms with Crippen LogP contribution in [0, 0.1) is 0 Å². The summed E-state index contributed by atoms with van der Waals surface area (Å²) in [6.45, 7) is 4.26. The molecule has 0 bridgehead atoms. The molecule has 8 heteroatoms. The maximum Gasteiger partial charge on any atom is 0.180 e. The van der Waals surface area contributed by atoms with Crippen LogP contribution in [0.15, 0.2) is 6.20 Å². The number of hydrogen-bond donors (Lipinski definition) is 1. The van der Waals surface area contributed by atoms with Gasteiger partial charge in [0, 0.05) is 43.0 Å². The molecule has 2 N–H and O–H groups in total. The van der Waals surface area contributed by atoms with Gasteiger partial charge in [0.1, 0.15) is 11.6 Å². The summed E-state index contributed by atoms with van der Waals surface area (Å²) in [5.74, 6) is 2.90. The quantitative estimate of drug-likeness (QED) is 0.925.